The number of carbonyl (C=O) groups excluding carboxylic acids is 3. The molecule has 0 unspecified atom stereocenters. The van der Waals surface area contributed by atoms with Gasteiger partial charge in [0.2, 0.25) is 5.91 Å². The maximum atomic E-state index is 13.3. The highest BCUT2D eigenvalue weighted by molar-refractivity contribution is 7.10. The van der Waals surface area contributed by atoms with Crippen LogP contribution in [-0.4, -0.2) is 29.9 Å². The molecular weight excluding hydrogens is 562 g/mol. The van der Waals surface area contributed by atoms with Crippen LogP contribution >= 0.6 is 11.3 Å². The summed E-state index contributed by atoms with van der Waals surface area (Å²) in [6, 6.07) is 24.0. The number of nitrogens with zero attached hydrogens (tertiary/aromatic N) is 1. The Morgan fingerprint density at radius 1 is 0.930 bits per heavy atom. The van der Waals surface area contributed by atoms with Gasteiger partial charge < -0.3 is 20.1 Å². The number of thiazole rings is 1. The fourth-order valence-electron chi connectivity index (χ4n) is 5.14. The molecule has 1 heterocycles. The van der Waals surface area contributed by atoms with Gasteiger partial charge in [-0.15, -0.1) is 11.3 Å². The largest absolute Gasteiger partial charge is 0.489 e. The average molecular weight is 598 g/mol. The molecule has 5 rings (SSSR count). The molecule has 2 N–H and O–H groups in total. The minimum absolute atomic E-state index is 0.00479. The van der Waals surface area contributed by atoms with E-state index in [1.165, 1.54) is 24.9 Å². The van der Waals surface area contributed by atoms with Crippen molar-refractivity contribution in [2.75, 3.05) is 12.4 Å². The van der Waals surface area contributed by atoms with Gasteiger partial charge in [-0.25, -0.2) is 9.78 Å². The van der Waals surface area contributed by atoms with E-state index >= 15 is 0 Å². The van der Waals surface area contributed by atoms with Gasteiger partial charge in [-0.2, -0.15) is 0 Å². The van der Waals surface area contributed by atoms with Crippen molar-refractivity contribution in [1.82, 2.24) is 10.3 Å². The van der Waals surface area contributed by atoms with Crippen molar-refractivity contribution in [1.29, 1.82) is 0 Å². The number of hydrogen-bond donors (Lipinski definition) is 2. The zero-order valence-corrected chi connectivity index (χ0v) is 24.9. The van der Waals surface area contributed by atoms with E-state index in [-0.39, 0.29) is 23.6 Å². The highest BCUT2D eigenvalue weighted by Crippen LogP contribution is 2.28. The van der Waals surface area contributed by atoms with Crippen molar-refractivity contribution in [2.24, 2.45) is 5.92 Å². The van der Waals surface area contributed by atoms with Crippen molar-refractivity contribution in [3.63, 3.8) is 0 Å². The summed E-state index contributed by atoms with van der Waals surface area (Å²) >= 11 is 1.34. The summed E-state index contributed by atoms with van der Waals surface area (Å²) in [5.41, 5.74) is 3.14. The number of benzene rings is 3. The minimum atomic E-state index is -0.487. The topological polar surface area (TPSA) is 107 Å². The number of carbonyl (C=O) groups is 3. The Morgan fingerprint density at radius 2 is 1.70 bits per heavy atom. The van der Waals surface area contributed by atoms with E-state index < -0.39 is 11.9 Å². The molecule has 1 aliphatic rings. The Labute approximate surface area is 255 Å². The highest BCUT2D eigenvalue weighted by atomic mass is 32.1. The lowest BCUT2D eigenvalue weighted by Crippen LogP contribution is -2.36. The molecule has 2 amide bonds. The molecule has 1 saturated carbocycles. The first-order valence-electron chi connectivity index (χ1n) is 14.5. The fraction of sp³-hybridized carbons (Fsp3) is 0.294. The van der Waals surface area contributed by atoms with Crippen molar-refractivity contribution in [2.45, 2.75) is 51.2 Å². The van der Waals surface area contributed by atoms with Crippen molar-refractivity contribution >= 4 is 34.8 Å². The van der Waals surface area contributed by atoms with E-state index in [1.807, 2.05) is 54.6 Å². The second-order valence-electron chi connectivity index (χ2n) is 10.6. The van der Waals surface area contributed by atoms with Crippen LogP contribution in [0.2, 0.25) is 0 Å². The SMILES string of the molecule is COC(=O)c1cccc(NC(=O)c2csc([C@H](Cc3ccc(OCc4ccccc4)cc3)NC(=O)C3CCCCC3)n2)c1. The Kier molecular flexibility index (Phi) is 10.2. The predicted octanol–water partition coefficient (Wildman–Crippen LogP) is 6.74. The van der Waals surface area contributed by atoms with Crippen LogP contribution in [0.15, 0.2) is 84.2 Å². The van der Waals surface area contributed by atoms with Gasteiger partial charge >= 0.3 is 5.97 Å². The van der Waals surface area contributed by atoms with Crippen LogP contribution in [0.4, 0.5) is 5.69 Å². The maximum absolute atomic E-state index is 13.3. The molecular formula is C34H35N3O5S. The monoisotopic (exact) mass is 597 g/mol. The normalized spacial score (nSPS) is 14.0. The number of anilines is 1. The van der Waals surface area contributed by atoms with Crippen LogP contribution in [0.3, 0.4) is 0 Å². The smallest absolute Gasteiger partial charge is 0.337 e. The van der Waals surface area contributed by atoms with E-state index in [2.05, 4.69) is 15.6 Å². The molecule has 1 aromatic heterocycles. The van der Waals surface area contributed by atoms with Crippen LogP contribution in [0.1, 0.15) is 75.1 Å². The maximum Gasteiger partial charge on any atom is 0.337 e. The van der Waals surface area contributed by atoms with Crippen LogP contribution in [-0.2, 0) is 22.6 Å². The number of esters is 1. The van der Waals surface area contributed by atoms with Gasteiger partial charge in [0.1, 0.15) is 23.1 Å². The van der Waals surface area contributed by atoms with Gasteiger partial charge in [0.25, 0.3) is 5.91 Å². The number of hydrogen-bond acceptors (Lipinski definition) is 7. The molecule has 9 heteroatoms. The Bertz CT molecular complexity index is 1530. The molecule has 0 radical (unpaired) electrons. The summed E-state index contributed by atoms with van der Waals surface area (Å²) in [4.78, 5) is 42.8. The molecule has 1 atom stereocenters. The first-order chi connectivity index (χ1) is 21.0. The fourth-order valence-corrected chi connectivity index (χ4v) is 5.99. The van der Waals surface area contributed by atoms with Crippen LogP contribution in [0.5, 0.6) is 5.75 Å². The van der Waals surface area contributed by atoms with Crippen LogP contribution in [0.25, 0.3) is 0 Å². The predicted molar refractivity (Wildman–Crippen MR) is 166 cm³/mol. The van der Waals surface area contributed by atoms with Gasteiger partial charge in [-0.05, 0) is 60.7 Å². The molecule has 0 aliphatic heterocycles. The van der Waals surface area contributed by atoms with Gasteiger partial charge in [0.05, 0.1) is 18.7 Å². The van der Waals surface area contributed by atoms with E-state index in [1.54, 1.807) is 29.6 Å². The zero-order valence-electron chi connectivity index (χ0n) is 24.1. The van der Waals surface area contributed by atoms with E-state index in [0.717, 1.165) is 42.6 Å². The standard InChI is InChI=1S/C34H35N3O5S/c1-41-34(40)26-13-8-14-27(20-26)35-32(39)30-22-43-33(37-30)29(36-31(38)25-11-6-3-7-12-25)19-23-15-17-28(18-16-23)42-21-24-9-4-2-5-10-24/h2,4-5,8-10,13-18,20,22,25,29H,3,6-7,11-12,19,21H2,1H3,(H,35,39)(H,36,38)/t29-/m0/s1. The summed E-state index contributed by atoms with van der Waals surface area (Å²) in [5, 5.41) is 8.38. The third-order valence-corrected chi connectivity index (χ3v) is 8.46. The molecule has 43 heavy (non-hydrogen) atoms. The third kappa shape index (κ3) is 8.29. The molecule has 0 saturated heterocycles. The minimum Gasteiger partial charge on any atom is -0.489 e. The quantitative estimate of drug-likeness (QED) is 0.186. The summed E-state index contributed by atoms with van der Waals surface area (Å²) in [7, 11) is 1.31. The molecule has 0 spiro atoms. The first-order valence-corrected chi connectivity index (χ1v) is 15.4. The van der Waals surface area contributed by atoms with Gasteiger partial charge in [0, 0.05) is 17.0 Å². The first kappa shape index (κ1) is 30.0. The summed E-state index contributed by atoms with van der Waals surface area (Å²) < 4.78 is 10.7. The van der Waals surface area contributed by atoms with Gasteiger partial charge in [-0.3, -0.25) is 9.59 Å². The van der Waals surface area contributed by atoms with Crippen LogP contribution in [0, 0.1) is 5.92 Å². The molecule has 4 aromatic rings. The third-order valence-electron chi connectivity index (χ3n) is 7.50. The van der Waals surface area contributed by atoms with Gasteiger partial charge in [0.15, 0.2) is 0 Å². The summed E-state index contributed by atoms with van der Waals surface area (Å²) in [6.45, 7) is 0.483. The molecule has 8 nitrogen and oxygen atoms in total. The second kappa shape index (κ2) is 14.6. The van der Waals surface area contributed by atoms with Crippen molar-refractivity contribution < 1.29 is 23.9 Å². The Balaban J connectivity index is 1.29. The highest BCUT2D eigenvalue weighted by Gasteiger charge is 2.26. The lowest BCUT2D eigenvalue weighted by atomic mass is 9.88. The number of nitrogens with one attached hydrogen (secondary N) is 2. The Morgan fingerprint density at radius 3 is 2.44 bits per heavy atom. The van der Waals surface area contributed by atoms with E-state index in [9.17, 15) is 14.4 Å². The second-order valence-corrected chi connectivity index (χ2v) is 11.5. The van der Waals surface area contributed by atoms with E-state index in [4.69, 9.17) is 9.47 Å². The number of methoxy groups -OCH3 is 1. The number of rotatable bonds is 11. The van der Waals surface area contributed by atoms with Crippen LogP contribution < -0.4 is 15.4 Å². The molecule has 3 aromatic carbocycles. The van der Waals surface area contributed by atoms with Gasteiger partial charge in [-0.1, -0.05) is 67.8 Å². The number of ether oxygens (including phenoxy) is 2. The van der Waals surface area contributed by atoms with Crippen molar-refractivity contribution in [3.8, 4) is 5.75 Å². The molecule has 1 aliphatic carbocycles. The zero-order chi connectivity index (χ0) is 30.0. The number of aromatic nitrogens is 1. The van der Waals surface area contributed by atoms with E-state index in [0.29, 0.717) is 29.3 Å². The molecule has 1 fully saturated rings. The summed E-state index contributed by atoms with van der Waals surface area (Å²) in [6.07, 6.45) is 5.59. The number of amides is 2. The molecule has 222 valence electrons. The average Bonchev–Trinajstić information content (AvgIpc) is 3.55. The lowest BCUT2D eigenvalue weighted by Gasteiger charge is -2.24. The van der Waals surface area contributed by atoms with Crippen molar-refractivity contribution in [3.05, 3.63) is 112 Å². The summed E-state index contributed by atoms with van der Waals surface area (Å²) in [5.74, 6) is -0.0933. The molecule has 0 bridgehead atoms. The Hall–Kier alpha value is -4.50. The lowest BCUT2D eigenvalue weighted by molar-refractivity contribution is -0.126.